The van der Waals surface area contributed by atoms with Crippen molar-refractivity contribution in [2.24, 2.45) is 0 Å². The summed E-state index contributed by atoms with van der Waals surface area (Å²) in [6, 6.07) is 7.39. The van der Waals surface area contributed by atoms with Gasteiger partial charge in [-0.25, -0.2) is 9.78 Å². The number of aryl methyl sites for hydroxylation is 1. The van der Waals surface area contributed by atoms with Crippen LogP contribution in [0.2, 0.25) is 5.02 Å². The van der Waals surface area contributed by atoms with Crippen molar-refractivity contribution in [1.82, 2.24) is 4.98 Å². The van der Waals surface area contributed by atoms with Crippen molar-refractivity contribution in [2.75, 3.05) is 12.4 Å². The van der Waals surface area contributed by atoms with E-state index >= 15 is 0 Å². The van der Waals surface area contributed by atoms with Gasteiger partial charge in [-0.15, -0.1) is 0 Å². The van der Waals surface area contributed by atoms with E-state index in [9.17, 15) is 9.59 Å². The minimum Gasteiger partial charge on any atom is -0.465 e. The number of carbonyl (C=O) groups excluding carboxylic acids is 2. The Morgan fingerprint density at radius 1 is 1.29 bits per heavy atom. The number of benzene rings is 1. The Kier molecular flexibility index (Phi) is 4.60. The first-order chi connectivity index (χ1) is 11.5. The Labute approximate surface area is 149 Å². The molecule has 1 amide bonds. The molecule has 5 nitrogen and oxygen atoms in total. The van der Waals surface area contributed by atoms with E-state index in [1.54, 1.807) is 19.1 Å². The van der Waals surface area contributed by atoms with Gasteiger partial charge in [0.2, 0.25) is 5.91 Å². The van der Waals surface area contributed by atoms with E-state index in [0.29, 0.717) is 20.7 Å². The van der Waals surface area contributed by atoms with Crippen LogP contribution in [-0.4, -0.2) is 24.0 Å². The number of hydrogen-bond donors (Lipinski definition) is 1. The maximum atomic E-state index is 12.9. The molecule has 1 aliphatic rings. The zero-order valence-corrected chi connectivity index (χ0v) is 15.0. The minimum atomic E-state index is -0.546. The number of rotatable bonds is 4. The summed E-state index contributed by atoms with van der Waals surface area (Å²) >= 11 is 7.07. The third kappa shape index (κ3) is 2.91. The molecular formula is C17H17ClN2O3S. The van der Waals surface area contributed by atoms with Crippen LogP contribution in [0.15, 0.2) is 24.3 Å². The Hall–Kier alpha value is -1.92. The van der Waals surface area contributed by atoms with Crippen molar-refractivity contribution in [3.8, 4) is 0 Å². The summed E-state index contributed by atoms with van der Waals surface area (Å²) in [6.45, 7) is 1.72. The average Bonchev–Trinajstić information content (AvgIpc) is 2.87. The third-order valence-corrected chi connectivity index (χ3v) is 5.73. The second-order valence-electron chi connectivity index (χ2n) is 5.82. The number of anilines is 1. The van der Waals surface area contributed by atoms with Gasteiger partial charge in [-0.05, 0) is 37.5 Å². The standard InChI is InChI=1S/C17H17ClN2O3S/c1-10-13(14(21)23-2)24-16(19-10)20-15(22)17(8-3-9-17)11-4-6-12(18)7-5-11/h4-7H,3,8-9H2,1-2H3,(H,19,20,22). The Bertz CT molecular complexity index is 782. The zero-order chi connectivity index (χ0) is 17.3. The molecule has 3 rings (SSSR count). The van der Waals surface area contributed by atoms with E-state index in [0.717, 1.165) is 36.2 Å². The van der Waals surface area contributed by atoms with Gasteiger partial charge in [0, 0.05) is 5.02 Å². The number of carbonyl (C=O) groups is 2. The van der Waals surface area contributed by atoms with E-state index in [1.165, 1.54) is 7.11 Å². The summed E-state index contributed by atoms with van der Waals surface area (Å²) < 4.78 is 4.72. The highest BCUT2D eigenvalue weighted by atomic mass is 35.5. The lowest BCUT2D eigenvalue weighted by atomic mass is 9.64. The van der Waals surface area contributed by atoms with Gasteiger partial charge in [0.15, 0.2) is 5.13 Å². The summed E-state index contributed by atoms with van der Waals surface area (Å²) in [5.41, 5.74) is 0.962. The number of thiazole rings is 1. The second kappa shape index (κ2) is 6.53. The summed E-state index contributed by atoms with van der Waals surface area (Å²) in [5, 5.41) is 3.93. The van der Waals surface area contributed by atoms with Gasteiger partial charge in [0.1, 0.15) is 4.88 Å². The van der Waals surface area contributed by atoms with Crippen LogP contribution in [0.5, 0.6) is 0 Å². The first-order valence-electron chi connectivity index (χ1n) is 7.59. The molecule has 0 aliphatic heterocycles. The first kappa shape index (κ1) is 16.9. The van der Waals surface area contributed by atoms with E-state index in [-0.39, 0.29) is 5.91 Å². The number of esters is 1. The molecule has 0 bridgehead atoms. The van der Waals surface area contributed by atoms with Crippen LogP contribution in [0.25, 0.3) is 0 Å². The lowest BCUT2D eigenvalue weighted by Gasteiger charge is -2.40. The molecule has 1 aromatic carbocycles. The van der Waals surface area contributed by atoms with Crippen molar-refractivity contribution in [1.29, 1.82) is 0 Å². The highest BCUT2D eigenvalue weighted by molar-refractivity contribution is 7.17. The highest BCUT2D eigenvalue weighted by Gasteiger charge is 2.45. The van der Waals surface area contributed by atoms with E-state index in [1.807, 2.05) is 12.1 Å². The van der Waals surface area contributed by atoms with E-state index in [4.69, 9.17) is 16.3 Å². The van der Waals surface area contributed by atoms with Gasteiger partial charge in [0.05, 0.1) is 18.2 Å². The number of hydrogen-bond acceptors (Lipinski definition) is 5. The molecule has 0 spiro atoms. The molecule has 0 atom stereocenters. The van der Waals surface area contributed by atoms with Gasteiger partial charge in [-0.3, -0.25) is 4.79 Å². The Balaban J connectivity index is 1.83. The molecule has 1 fully saturated rings. The van der Waals surface area contributed by atoms with Crippen LogP contribution in [0.1, 0.15) is 40.2 Å². The van der Waals surface area contributed by atoms with Crippen molar-refractivity contribution in [3.63, 3.8) is 0 Å². The number of nitrogens with zero attached hydrogens (tertiary/aromatic N) is 1. The van der Waals surface area contributed by atoms with Crippen molar-refractivity contribution in [3.05, 3.63) is 45.4 Å². The molecule has 1 saturated carbocycles. The Morgan fingerprint density at radius 2 is 1.96 bits per heavy atom. The molecule has 1 aliphatic carbocycles. The monoisotopic (exact) mass is 364 g/mol. The minimum absolute atomic E-state index is 0.0961. The summed E-state index contributed by atoms with van der Waals surface area (Å²) in [6.07, 6.45) is 2.57. The molecule has 1 heterocycles. The number of amides is 1. The fourth-order valence-electron chi connectivity index (χ4n) is 2.89. The first-order valence-corrected chi connectivity index (χ1v) is 8.79. The van der Waals surface area contributed by atoms with E-state index < -0.39 is 11.4 Å². The number of ether oxygens (including phenoxy) is 1. The summed E-state index contributed by atoms with van der Waals surface area (Å²) in [5.74, 6) is -0.539. The molecule has 7 heteroatoms. The van der Waals surface area contributed by atoms with Crippen molar-refractivity contribution < 1.29 is 14.3 Å². The van der Waals surface area contributed by atoms with Gasteiger partial charge >= 0.3 is 5.97 Å². The maximum absolute atomic E-state index is 12.9. The average molecular weight is 365 g/mol. The molecule has 0 saturated heterocycles. The fraction of sp³-hybridized carbons (Fsp3) is 0.353. The summed E-state index contributed by atoms with van der Waals surface area (Å²) in [4.78, 5) is 29.2. The maximum Gasteiger partial charge on any atom is 0.350 e. The van der Waals surface area contributed by atoms with Crippen LogP contribution >= 0.6 is 22.9 Å². The van der Waals surface area contributed by atoms with Crippen LogP contribution in [0, 0.1) is 6.92 Å². The van der Waals surface area contributed by atoms with Gasteiger partial charge < -0.3 is 10.1 Å². The molecule has 126 valence electrons. The lowest BCUT2D eigenvalue weighted by Crippen LogP contribution is -2.45. The molecule has 24 heavy (non-hydrogen) atoms. The fourth-order valence-corrected chi connectivity index (χ4v) is 3.90. The van der Waals surface area contributed by atoms with Crippen LogP contribution < -0.4 is 5.32 Å². The molecule has 1 aromatic heterocycles. The van der Waals surface area contributed by atoms with Crippen molar-refractivity contribution >= 4 is 39.9 Å². The predicted octanol–water partition coefficient (Wildman–Crippen LogP) is 3.95. The Morgan fingerprint density at radius 3 is 2.50 bits per heavy atom. The normalized spacial score (nSPS) is 15.5. The second-order valence-corrected chi connectivity index (χ2v) is 7.26. The van der Waals surface area contributed by atoms with Gasteiger partial charge in [0.25, 0.3) is 0 Å². The topological polar surface area (TPSA) is 68.3 Å². The van der Waals surface area contributed by atoms with Crippen molar-refractivity contribution in [2.45, 2.75) is 31.6 Å². The van der Waals surface area contributed by atoms with Gasteiger partial charge in [-0.2, -0.15) is 0 Å². The summed E-state index contributed by atoms with van der Waals surface area (Å²) in [7, 11) is 1.32. The molecule has 2 aromatic rings. The van der Waals surface area contributed by atoms with Crippen LogP contribution in [0.4, 0.5) is 5.13 Å². The number of nitrogens with one attached hydrogen (secondary N) is 1. The third-order valence-electron chi connectivity index (χ3n) is 4.43. The number of halogens is 1. The SMILES string of the molecule is COC(=O)c1sc(NC(=O)C2(c3ccc(Cl)cc3)CCC2)nc1C. The van der Waals surface area contributed by atoms with Gasteiger partial charge in [-0.1, -0.05) is 41.5 Å². The van der Waals surface area contributed by atoms with Crippen LogP contribution in [0.3, 0.4) is 0 Å². The lowest BCUT2D eigenvalue weighted by molar-refractivity contribution is -0.124. The zero-order valence-electron chi connectivity index (χ0n) is 13.4. The molecule has 0 unspecified atom stereocenters. The highest BCUT2D eigenvalue weighted by Crippen LogP contribution is 2.45. The quantitative estimate of drug-likeness (QED) is 0.834. The van der Waals surface area contributed by atoms with E-state index in [2.05, 4.69) is 10.3 Å². The molecule has 0 radical (unpaired) electrons. The largest absolute Gasteiger partial charge is 0.465 e. The smallest absolute Gasteiger partial charge is 0.350 e. The number of aromatic nitrogens is 1. The van der Waals surface area contributed by atoms with Crippen LogP contribution in [-0.2, 0) is 14.9 Å². The number of methoxy groups -OCH3 is 1. The predicted molar refractivity (Wildman–Crippen MR) is 93.8 cm³/mol. The molecular weight excluding hydrogens is 348 g/mol. The molecule has 1 N–H and O–H groups in total.